The monoisotopic (exact) mass is 327 g/mol. The highest BCUT2D eigenvalue weighted by molar-refractivity contribution is 5.78. The molecule has 0 bridgehead atoms. The van der Waals surface area contributed by atoms with E-state index in [0.717, 1.165) is 44.7 Å². The summed E-state index contributed by atoms with van der Waals surface area (Å²) in [6, 6.07) is 11.1. The smallest absolute Gasteiger partial charge is 0.318 e. The van der Waals surface area contributed by atoms with Crippen LogP contribution in [0.2, 0.25) is 0 Å². The van der Waals surface area contributed by atoms with Crippen LogP contribution in [-0.2, 0) is 5.54 Å². The van der Waals surface area contributed by atoms with E-state index in [1.54, 1.807) is 0 Å². The van der Waals surface area contributed by atoms with E-state index in [0.29, 0.717) is 0 Å². The average Bonchev–Trinajstić information content (AvgIpc) is 3.38. The van der Waals surface area contributed by atoms with Gasteiger partial charge in [-0.1, -0.05) is 30.3 Å². The molecule has 1 saturated heterocycles. The Balaban J connectivity index is 1.57. The van der Waals surface area contributed by atoms with Crippen molar-refractivity contribution in [1.82, 2.24) is 15.1 Å². The maximum absolute atomic E-state index is 12.4. The van der Waals surface area contributed by atoms with Crippen molar-refractivity contribution in [3.63, 3.8) is 0 Å². The molecule has 4 heteroatoms. The van der Waals surface area contributed by atoms with Gasteiger partial charge in [-0.15, -0.1) is 0 Å². The first-order valence-corrected chi connectivity index (χ1v) is 9.34. The van der Waals surface area contributed by atoms with Gasteiger partial charge in [0.1, 0.15) is 0 Å². The molecule has 3 aliphatic rings. The van der Waals surface area contributed by atoms with Gasteiger partial charge >= 0.3 is 6.03 Å². The molecule has 1 aliphatic heterocycles. The van der Waals surface area contributed by atoms with Crippen LogP contribution in [0, 0.1) is 5.92 Å². The minimum Gasteiger partial charge on any atom is -0.336 e. The zero-order valence-electron chi connectivity index (χ0n) is 14.9. The Bertz CT molecular complexity index is 601. The van der Waals surface area contributed by atoms with E-state index in [4.69, 9.17) is 0 Å². The molecule has 4 rings (SSSR count). The third-order valence-electron chi connectivity index (χ3n) is 6.70. The zero-order valence-corrected chi connectivity index (χ0v) is 14.9. The molecule has 0 radical (unpaired) electrons. The minimum absolute atomic E-state index is 0.0496. The molecular weight excluding hydrogens is 298 g/mol. The Morgan fingerprint density at radius 2 is 1.79 bits per heavy atom. The zero-order chi connectivity index (χ0) is 16.8. The number of urea groups is 1. The van der Waals surface area contributed by atoms with E-state index < -0.39 is 0 Å². The lowest BCUT2D eigenvalue weighted by Crippen LogP contribution is -2.55. The largest absolute Gasteiger partial charge is 0.336 e. The van der Waals surface area contributed by atoms with E-state index >= 15 is 0 Å². The fourth-order valence-corrected chi connectivity index (χ4v) is 4.80. The van der Waals surface area contributed by atoms with Crippen molar-refractivity contribution >= 4 is 6.03 Å². The number of hydrogen-bond donors (Lipinski definition) is 1. The fourth-order valence-electron chi connectivity index (χ4n) is 4.80. The molecule has 130 valence electrons. The van der Waals surface area contributed by atoms with Crippen molar-refractivity contribution in [2.24, 2.45) is 5.92 Å². The Labute approximate surface area is 145 Å². The van der Waals surface area contributed by atoms with Crippen LogP contribution >= 0.6 is 0 Å². The number of nitrogens with zero attached hydrogens (tertiary/aromatic N) is 2. The van der Waals surface area contributed by atoms with Crippen LogP contribution in [0.25, 0.3) is 0 Å². The summed E-state index contributed by atoms with van der Waals surface area (Å²) in [6.45, 7) is 1.79. The highest BCUT2D eigenvalue weighted by Crippen LogP contribution is 2.48. The molecule has 4 nitrogen and oxygen atoms in total. The summed E-state index contributed by atoms with van der Waals surface area (Å²) in [5.74, 6) is 0.750. The van der Waals surface area contributed by atoms with Gasteiger partial charge in [-0.25, -0.2) is 4.79 Å². The van der Waals surface area contributed by atoms with Crippen molar-refractivity contribution < 1.29 is 4.79 Å². The summed E-state index contributed by atoms with van der Waals surface area (Å²) in [6.07, 6.45) is 6.99. The van der Waals surface area contributed by atoms with Gasteiger partial charge in [0.2, 0.25) is 0 Å². The molecule has 1 N–H and O–H groups in total. The summed E-state index contributed by atoms with van der Waals surface area (Å²) in [5, 5.41) is 3.13. The van der Waals surface area contributed by atoms with Gasteiger partial charge < -0.3 is 10.2 Å². The van der Waals surface area contributed by atoms with Crippen molar-refractivity contribution in [1.29, 1.82) is 0 Å². The molecule has 2 amide bonds. The third kappa shape index (κ3) is 2.52. The molecule has 0 unspecified atom stereocenters. The van der Waals surface area contributed by atoms with Gasteiger partial charge in [0.05, 0.1) is 5.54 Å². The minimum atomic E-state index is 0.0496. The number of benzene rings is 1. The molecule has 0 atom stereocenters. The van der Waals surface area contributed by atoms with Crippen molar-refractivity contribution in [2.75, 3.05) is 27.2 Å². The van der Waals surface area contributed by atoms with Crippen LogP contribution in [0.3, 0.4) is 0 Å². The molecule has 2 saturated carbocycles. The number of carbonyl (C=O) groups is 1. The van der Waals surface area contributed by atoms with E-state index in [2.05, 4.69) is 59.5 Å². The van der Waals surface area contributed by atoms with Crippen LogP contribution in [-0.4, -0.2) is 48.6 Å². The highest BCUT2D eigenvalue weighted by atomic mass is 16.2. The lowest BCUT2D eigenvalue weighted by Gasteiger charge is -2.51. The van der Waals surface area contributed by atoms with E-state index in [-0.39, 0.29) is 17.1 Å². The Morgan fingerprint density at radius 3 is 2.38 bits per heavy atom. The Kier molecular flexibility index (Phi) is 3.83. The number of amides is 2. The predicted molar refractivity (Wildman–Crippen MR) is 95.8 cm³/mol. The van der Waals surface area contributed by atoms with E-state index in [1.165, 1.54) is 18.4 Å². The summed E-state index contributed by atoms with van der Waals surface area (Å²) in [7, 11) is 4.40. The van der Waals surface area contributed by atoms with Gasteiger partial charge in [-0.05, 0) is 64.1 Å². The van der Waals surface area contributed by atoms with Crippen LogP contribution in [0.15, 0.2) is 30.3 Å². The van der Waals surface area contributed by atoms with Gasteiger partial charge in [0.25, 0.3) is 0 Å². The Morgan fingerprint density at radius 1 is 1.12 bits per heavy atom. The van der Waals surface area contributed by atoms with Crippen molar-refractivity contribution in [3.8, 4) is 0 Å². The normalized spacial score (nSPS) is 33.3. The van der Waals surface area contributed by atoms with Crippen LogP contribution in [0.4, 0.5) is 4.79 Å². The van der Waals surface area contributed by atoms with Crippen LogP contribution < -0.4 is 5.32 Å². The first-order valence-electron chi connectivity index (χ1n) is 9.34. The molecule has 1 aromatic rings. The summed E-state index contributed by atoms with van der Waals surface area (Å²) < 4.78 is 0. The molecule has 24 heavy (non-hydrogen) atoms. The maximum atomic E-state index is 12.4. The fraction of sp³-hybridized carbons (Fsp3) is 0.650. The second-order valence-electron chi connectivity index (χ2n) is 8.23. The standard InChI is InChI=1S/C20H29N3O/c1-22(2)20(17-6-4-3-5-7-17)12-10-19(11-13-20)15-21-18(24)23(19)14-16-8-9-16/h3-7,16H,8-15H2,1-2H3,(H,21,24). The van der Waals surface area contributed by atoms with Gasteiger partial charge in [0.15, 0.2) is 0 Å². The molecule has 2 aliphatic carbocycles. The number of rotatable bonds is 4. The SMILES string of the molecule is CN(C)C1(c2ccccc2)CCC2(CC1)CNC(=O)N2CC1CC1. The van der Waals surface area contributed by atoms with E-state index in [9.17, 15) is 4.79 Å². The molecule has 3 fully saturated rings. The Hall–Kier alpha value is -1.55. The third-order valence-corrected chi connectivity index (χ3v) is 6.70. The predicted octanol–water partition coefficient (Wildman–Crippen LogP) is 3.19. The average molecular weight is 327 g/mol. The highest BCUT2D eigenvalue weighted by Gasteiger charge is 2.52. The van der Waals surface area contributed by atoms with E-state index in [1.807, 2.05) is 0 Å². The summed E-state index contributed by atoms with van der Waals surface area (Å²) in [4.78, 5) is 17.0. The van der Waals surface area contributed by atoms with Crippen molar-refractivity contribution in [2.45, 2.75) is 49.6 Å². The number of hydrogen-bond acceptors (Lipinski definition) is 2. The summed E-state index contributed by atoms with van der Waals surface area (Å²) >= 11 is 0. The van der Waals surface area contributed by atoms with Crippen LogP contribution in [0.1, 0.15) is 44.1 Å². The second kappa shape index (κ2) is 5.76. The number of carbonyl (C=O) groups excluding carboxylic acids is 1. The quantitative estimate of drug-likeness (QED) is 0.922. The van der Waals surface area contributed by atoms with Crippen LogP contribution in [0.5, 0.6) is 0 Å². The molecular formula is C20H29N3O. The van der Waals surface area contributed by atoms with Gasteiger partial charge in [-0.2, -0.15) is 0 Å². The summed E-state index contributed by atoms with van der Waals surface area (Å²) in [5.41, 5.74) is 1.56. The second-order valence-corrected chi connectivity index (χ2v) is 8.23. The van der Waals surface area contributed by atoms with Gasteiger partial charge in [-0.3, -0.25) is 4.90 Å². The lowest BCUT2D eigenvalue weighted by atomic mass is 9.68. The van der Waals surface area contributed by atoms with Crippen molar-refractivity contribution in [3.05, 3.63) is 35.9 Å². The molecule has 0 aromatic heterocycles. The first-order chi connectivity index (χ1) is 11.6. The maximum Gasteiger partial charge on any atom is 0.318 e. The number of nitrogens with one attached hydrogen (secondary N) is 1. The molecule has 1 heterocycles. The first kappa shape index (κ1) is 15.9. The topological polar surface area (TPSA) is 35.6 Å². The lowest BCUT2D eigenvalue weighted by molar-refractivity contribution is 0.0247. The molecule has 1 spiro atoms. The van der Waals surface area contributed by atoms with Gasteiger partial charge in [0, 0.05) is 18.6 Å². The molecule has 1 aromatic carbocycles.